The van der Waals surface area contributed by atoms with E-state index in [0.717, 1.165) is 19.6 Å². The molecule has 3 heteroatoms. The van der Waals surface area contributed by atoms with Gasteiger partial charge in [-0.2, -0.15) is 0 Å². The van der Waals surface area contributed by atoms with Crippen molar-refractivity contribution in [2.75, 3.05) is 38.2 Å². The zero-order chi connectivity index (χ0) is 12.3. The summed E-state index contributed by atoms with van der Waals surface area (Å²) in [6.07, 6.45) is 0. The van der Waals surface area contributed by atoms with Gasteiger partial charge in [-0.05, 0) is 25.1 Å². The predicted octanol–water partition coefficient (Wildman–Crippen LogP) is 1.44. The fourth-order valence-electron chi connectivity index (χ4n) is 2.70. The largest absolute Gasteiger partial charge is 0.394 e. The quantitative estimate of drug-likeness (QED) is 0.838. The summed E-state index contributed by atoms with van der Waals surface area (Å²) in [7, 11) is 2.13. The lowest BCUT2D eigenvalue weighted by Gasteiger charge is -2.32. The Bertz CT molecular complexity index is 341. The molecule has 2 unspecified atom stereocenters. The Morgan fingerprint density at radius 1 is 1.18 bits per heavy atom. The van der Waals surface area contributed by atoms with Gasteiger partial charge in [0.1, 0.15) is 0 Å². The maximum atomic E-state index is 9.58. The minimum atomic E-state index is 0.201. The van der Waals surface area contributed by atoms with Gasteiger partial charge in [0.25, 0.3) is 0 Å². The standard InChI is InChI=1S/C14H22N2O/c1-12-8-15(2)10-14(11-17)16(9-12)13-6-4-3-5-7-13/h3-7,12,14,17H,8-11H2,1-2H3. The molecule has 0 radical (unpaired) electrons. The van der Waals surface area contributed by atoms with Crippen LogP contribution in [0.15, 0.2) is 30.3 Å². The molecule has 1 N–H and O–H groups in total. The van der Waals surface area contributed by atoms with E-state index in [1.807, 2.05) is 6.07 Å². The van der Waals surface area contributed by atoms with Gasteiger partial charge >= 0.3 is 0 Å². The first kappa shape index (κ1) is 12.4. The lowest BCUT2D eigenvalue weighted by Crippen LogP contribution is -2.43. The average molecular weight is 234 g/mol. The number of hydrogen-bond acceptors (Lipinski definition) is 3. The van der Waals surface area contributed by atoms with Crippen LogP contribution in [0.4, 0.5) is 5.69 Å². The van der Waals surface area contributed by atoms with Crippen molar-refractivity contribution < 1.29 is 5.11 Å². The van der Waals surface area contributed by atoms with Gasteiger partial charge in [-0.25, -0.2) is 0 Å². The topological polar surface area (TPSA) is 26.7 Å². The van der Waals surface area contributed by atoms with Gasteiger partial charge in [0.2, 0.25) is 0 Å². The highest BCUT2D eigenvalue weighted by atomic mass is 16.3. The van der Waals surface area contributed by atoms with Crippen molar-refractivity contribution in [2.24, 2.45) is 5.92 Å². The fraction of sp³-hybridized carbons (Fsp3) is 0.571. The van der Waals surface area contributed by atoms with E-state index in [4.69, 9.17) is 0 Å². The van der Waals surface area contributed by atoms with Gasteiger partial charge < -0.3 is 14.9 Å². The highest BCUT2D eigenvalue weighted by Gasteiger charge is 2.26. The van der Waals surface area contributed by atoms with Crippen LogP contribution in [0.3, 0.4) is 0 Å². The van der Waals surface area contributed by atoms with Gasteiger partial charge in [-0.1, -0.05) is 25.1 Å². The van der Waals surface area contributed by atoms with Gasteiger partial charge in [-0.15, -0.1) is 0 Å². The summed E-state index contributed by atoms with van der Waals surface area (Å²) < 4.78 is 0. The third kappa shape index (κ3) is 2.99. The van der Waals surface area contributed by atoms with E-state index in [-0.39, 0.29) is 12.6 Å². The normalized spacial score (nSPS) is 26.9. The van der Waals surface area contributed by atoms with E-state index in [2.05, 4.69) is 48.0 Å². The Labute approximate surface area is 104 Å². The van der Waals surface area contributed by atoms with Crippen LogP contribution >= 0.6 is 0 Å². The summed E-state index contributed by atoms with van der Waals surface area (Å²) in [5.74, 6) is 0.622. The molecule has 2 rings (SSSR count). The molecule has 1 heterocycles. The second-order valence-corrected chi connectivity index (χ2v) is 5.15. The number of nitrogens with zero attached hydrogens (tertiary/aromatic N) is 2. The number of rotatable bonds is 2. The second kappa shape index (κ2) is 5.52. The van der Waals surface area contributed by atoms with Crippen molar-refractivity contribution in [3.8, 4) is 0 Å². The number of likely N-dealkylation sites (N-methyl/N-ethyl adjacent to an activating group) is 1. The molecular weight excluding hydrogens is 212 g/mol. The first-order valence-electron chi connectivity index (χ1n) is 6.31. The molecule has 17 heavy (non-hydrogen) atoms. The zero-order valence-corrected chi connectivity index (χ0v) is 10.7. The Morgan fingerprint density at radius 2 is 1.88 bits per heavy atom. The van der Waals surface area contributed by atoms with Crippen LogP contribution in [0.2, 0.25) is 0 Å². The molecule has 0 bridgehead atoms. The molecule has 1 aliphatic heterocycles. The summed E-state index contributed by atoms with van der Waals surface area (Å²) in [4.78, 5) is 4.66. The minimum Gasteiger partial charge on any atom is -0.394 e. The van der Waals surface area contributed by atoms with Crippen LogP contribution in [0, 0.1) is 5.92 Å². The van der Waals surface area contributed by atoms with Crippen LogP contribution in [-0.4, -0.2) is 49.3 Å². The van der Waals surface area contributed by atoms with E-state index >= 15 is 0 Å². The van der Waals surface area contributed by atoms with Crippen LogP contribution in [0.25, 0.3) is 0 Å². The van der Waals surface area contributed by atoms with Crippen LogP contribution in [0.5, 0.6) is 0 Å². The molecule has 3 nitrogen and oxygen atoms in total. The first-order chi connectivity index (χ1) is 8.20. The van der Waals surface area contributed by atoms with Crippen molar-refractivity contribution in [3.63, 3.8) is 0 Å². The summed E-state index contributed by atoms with van der Waals surface area (Å²) >= 11 is 0. The SMILES string of the molecule is CC1CN(C)CC(CO)N(c2ccccc2)C1. The van der Waals surface area contributed by atoms with Crippen LogP contribution in [0.1, 0.15) is 6.92 Å². The summed E-state index contributed by atoms with van der Waals surface area (Å²) in [5.41, 5.74) is 1.22. The van der Waals surface area contributed by atoms with Crippen molar-refractivity contribution in [1.82, 2.24) is 4.90 Å². The number of para-hydroxylation sites is 1. The van der Waals surface area contributed by atoms with Gasteiger partial charge in [0, 0.05) is 25.3 Å². The maximum absolute atomic E-state index is 9.58. The summed E-state index contributed by atoms with van der Waals surface area (Å²) in [6.45, 7) is 5.52. The highest BCUT2D eigenvalue weighted by molar-refractivity contribution is 5.47. The molecule has 1 aromatic rings. The molecule has 1 aromatic carbocycles. The summed E-state index contributed by atoms with van der Waals surface area (Å²) in [6, 6.07) is 10.6. The van der Waals surface area contributed by atoms with E-state index < -0.39 is 0 Å². The van der Waals surface area contributed by atoms with Crippen molar-refractivity contribution in [1.29, 1.82) is 0 Å². The smallest absolute Gasteiger partial charge is 0.0647 e. The molecule has 0 saturated carbocycles. The van der Waals surface area contributed by atoms with E-state index in [9.17, 15) is 5.11 Å². The molecule has 0 spiro atoms. The Balaban J connectivity index is 2.22. The number of aliphatic hydroxyl groups is 1. The molecule has 1 aliphatic rings. The van der Waals surface area contributed by atoms with E-state index in [1.165, 1.54) is 5.69 Å². The third-order valence-corrected chi connectivity index (χ3v) is 3.39. The molecule has 0 amide bonds. The average Bonchev–Trinajstić information content (AvgIpc) is 2.48. The van der Waals surface area contributed by atoms with Gasteiger partial charge in [0.05, 0.1) is 12.6 Å². The van der Waals surface area contributed by atoms with E-state index in [1.54, 1.807) is 0 Å². The molecule has 1 fully saturated rings. The molecule has 0 aromatic heterocycles. The molecule has 0 aliphatic carbocycles. The molecule has 1 saturated heterocycles. The maximum Gasteiger partial charge on any atom is 0.0647 e. The Morgan fingerprint density at radius 3 is 2.53 bits per heavy atom. The number of aliphatic hydroxyl groups excluding tert-OH is 1. The zero-order valence-electron chi connectivity index (χ0n) is 10.7. The Kier molecular flexibility index (Phi) is 4.02. The van der Waals surface area contributed by atoms with Gasteiger partial charge in [-0.3, -0.25) is 0 Å². The highest BCUT2D eigenvalue weighted by Crippen LogP contribution is 2.21. The molecule has 2 atom stereocenters. The van der Waals surface area contributed by atoms with Gasteiger partial charge in [0.15, 0.2) is 0 Å². The van der Waals surface area contributed by atoms with Crippen molar-refractivity contribution >= 4 is 5.69 Å². The lowest BCUT2D eigenvalue weighted by atomic mass is 10.1. The summed E-state index contributed by atoms with van der Waals surface area (Å²) in [5, 5.41) is 9.58. The minimum absolute atomic E-state index is 0.201. The first-order valence-corrected chi connectivity index (χ1v) is 6.31. The Hall–Kier alpha value is -1.06. The van der Waals surface area contributed by atoms with Crippen molar-refractivity contribution in [3.05, 3.63) is 30.3 Å². The number of anilines is 1. The monoisotopic (exact) mass is 234 g/mol. The lowest BCUT2D eigenvalue weighted by molar-refractivity contribution is 0.226. The van der Waals surface area contributed by atoms with Crippen LogP contribution < -0.4 is 4.90 Å². The fourth-order valence-corrected chi connectivity index (χ4v) is 2.70. The predicted molar refractivity (Wildman–Crippen MR) is 71.3 cm³/mol. The molecule has 94 valence electrons. The van der Waals surface area contributed by atoms with Crippen molar-refractivity contribution in [2.45, 2.75) is 13.0 Å². The number of hydrogen-bond donors (Lipinski definition) is 1. The van der Waals surface area contributed by atoms with E-state index in [0.29, 0.717) is 5.92 Å². The number of benzene rings is 1. The van der Waals surface area contributed by atoms with Crippen LogP contribution in [-0.2, 0) is 0 Å². The second-order valence-electron chi connectivity index (χ2n) is 5.15. The molecular formula is C14H22N2O. The third-order valence-electron chi connectivity index (χ3n) is 3.39.